The summed E-state index contributed by atoms with van der Waals surface area (Å²) >= 11 is 0. The lowest BCUT2D eigenvalue weighted by atomic mass is 10.0. The van der Waals surface area contributed by atoms with Gasteiger partial charge in [-0.05, 0) is 0 Å². The van der Waals surface area contributed by atoms with Crippen molar-refractivity contribution in [3.05, 3.63) is 61.1 Å². The van der Waals surface area contributed by atoms with Crippen molar-refractivity contribution in [2.24, 2.45) is 11.8 Å². The van der Waals surface area contributed by atoms with E-state index in [1.54, 1.807) is 0 Å². The number of aromatic nitrogens is 4. The van der Waals surface area contributed by atoms with Crippen molar-refractivity contribution in [2.45, 2.75) is 0 Å². The van der Waals surface area contributed by atoms with Crippen LogP contribution in [0.25, 0.3) is 11.3 Å². The summed E-state index contributed by atoms with van der Waals surface area (Å²) in [5.41, 5.74) is 1.95. The first-order valence-electron chi connectivity index (χ1n) is 9.11. The van der Waals surface area contributed by atoms with Gasteiger partial charge in [0.25, 0.3) is 0 Å². The smallest absolute Gasteiger partial charge is 0.183 e. The lowest BCUT2D eigenvalue weighted by Crippen LogP contribution is -2.30. The van der Waals surface area contributed by atoms with Crippen molar-refractivity contribution in [1.82, 2.24) is 19.9 Å². The topological polar surface area (TPSA) is 58.0 Å². The Hall–Kier alpha value is -3.09. The zero-order valence-corrected chi connectivity index (χ0v) is 14.7. The number of hydrogen-bond donors (Lipinski definition) is 0. The van der Waals surface area contributed by atoms with E-state index in [0.717, 1.165) is 43.3 Å². The molecular formula is C20H19FN6. The van der Waals surface area contributed by atoms with Gasteiger partial charge in [-0.2, -0.15) is 0 Å². The Morgan fingerprint density at radius 3 is 2.22 bits per heavy atom. The van der Waals surface area contributed by atoms with Crippen molar-refractivity contribution < 1.29 is 4.39 Å². The van der Waals surface area contributed by atoms with Crippen LogP contribution in [0.1, 0.15) is 0 Å². The van der Waals surface area contributed by atoms with Crippen LogP contribution in [-0.2, 0) is 0 Å². The SMILES string of the molecule is Fc1cncnc1N1CC2CN(c3cnc(-c4ccccc4)cn3)CC2C1. The number of anilines is 2. The van der Waals surface area contributed by atoms with Gasteiger partial charge in [-0.1, -0.05) is 30.3 Å². The summed E-state index contributed by atoms with van der Waals surface area (Å²) in [5, 5.41) is 0. The number of halogens is 1. The fraction of sp³-hybridized carbons (Fsp3) is 0.300. The van der Waals surface area contributed by atoms with Gasteiger partial charge in [-0.25, -0.2) is 19.3 Å². The molecule has 6 nitrogen and oxygen atoms in total. The fourth-order valence-corrected chi connectivity index (χ4v) is 4.13. The predicted octanol–water partition coefficient (Wildman–Crippen LogP) is 2.65. The number of rotatable bonds is 3. The highest BCUT2D eigenvalue weighted by Crippen LogP contribution is 2.35. The monoisotopic (exact) mass is 362 g/mol. The first-order valence-corrected chi connectivity index (χ1v) is 9.11. The Kier molecular flexibility index (Phi) is 3.92. The van der Waals surface area contributed by atoms with Crippen molar-refractivity contribution >= 4 is 11.6 Å². The zero-order chi connectivity index (χ0) is 18.2. The van der Waals surface area contributed by atoms with Gasteiger partial charge < -0.3 is 9.80 Å². The van der Waals surface area contributed by atoms with Gasteiger partial charge in [0.1, 0.15) is 12.1 Å². The van der Waals surface area contributed by atoms with Crippen molar-refractivity contribution in [3.63, 3.8) is 0 Å². The Labute approximate surface area is 156 Å². The van der Waals surface area contributed by atoms with Gasteiger partial charge in [0.05, 0.1) is 24.3 Å². The van der Waals surface area contributed by atoms with E-state index in [0.29, 0.717) is 17.7 Å². The molecule has 2 aliphatic heterocycles. The predicted molar refractivity (Wildman–Crippen MR) is 101 cm³/mol. The van der Waals surface area contributed by atoms with Crippen LogP contribution in [0.5, 0.6) is 0 Å². The molecule has 2 unspecified atom stereocenters. The molecule has 0 bridgehead atoms. The molecule has 2 fully saturated rings. The molecule has 7 heteroatoms. The quantitative estimate of drug-likeness (QED) is 0.714. The summed E-state index contributed by atoms with van der Waals surface area (Å²) in [6.45, 7) is 3.44. The lowest BCUT2D eigenvalue weighted by molar-refractivity contribution is 0.533. The highest BCUT2D eigenvalue weighted by Gasteiger charge is 2.41. The Morgan fingerprint density at radius 1 is 0.815 bits per heavy atom. The summed E-state index contributed by atoms with van der Waals surface area (Å²) in [7, 11) is 0. The maximum atomic E-state index is 13.9. The van der Waals surface area contributed by atoms with Crippen LogP contribution in [0.3, 0.4) is 0 Å². The van der Waals surface area contributed by atoms with E-state index in [2.05, 4.69) is 24.8 Å². The van der Waals surface area contributed by atoms with Gasteiger partial charge in [-0.15, -0.1) is 0 Å². The summed E-state index contributed by atoms with van der Waals surface area (Å²) in [6.07, 6.45) is 6.32. The van der Waals surface area contributed by atoms with Crippen LogP contribution in [-0.4, -0.2) is 46.1 Å². The molecule has 1 aromatic carbocycles. The molecule has 0 amide bonds. The summed E-state index contributed by atoms with van der Waals surface area (Å²) < 4.78 is 13.9. The second-order valence-corrected chi connectivity index (χ2v) is 7.15. The van der Waals surface area contributed by atoms with Gasteiger partial charge in [0.15, 0.2) is 11.6 Å². The average Bonchev–Trinajstić information content (AvgIpc) is 3.28. The van der Waals surface area contributed by atoms with E-state index in [1.807, 2.05) is 47.6 Å². The van der Waals surface area contributed by atoms with Crippen LogP contribution < -0.4 is 9.80 Å². The Morgan fingerprint density at radius 2 is 1.56 bits per heavy atom. The van der Waals surface area contributed by atoms with Gasteiger partial charge in [0, 0.05) is 43.6 Å². The van der Waals surface area contributed by atoms with Crippen LogP contribution in [0, 0.1) is 17.7 Å². The molecule has 5 rings (SSSR count). The van der Waals surface area contributed by atoms with E-state index in [9.17, 15) is 4.39 Å². The molecule has 0 aliphatic carbocycles. The lowest BCUT2D eigenvalue weighted by Gasteiger charge is -2.23. The third-order valence-electron chi connectivity index (χ3n) is 5.47. The van der Waals surface area contributed by atoms with Gasteiger partial charge >= 0.3 is 0 Å². The standard InChI is InChI=1S/C20H19FN6/c21-17-6-22-13-25-20(17)27-11-15-9-26(10-16(15)12-27)19-8-23-18(7-24-19)14-4-2-1-3-5-14/h1-8,13,15-16H,9-12H2. The number of benzene rings is 1. The molecule has 136 valence electrons. The van der Waals surface area contributed by atoms with Gasteiger partial charge in [-0.3, -0.25) is 4.98 Å². The average molecular weight is 362 g/mol. The Balaban J connectivity index is 1.27. The molecule has 0 spiro atoms. The molecule has 2 aliphatic rings. The largest absolute Gasteiger partial charge is 0.355 e. The van der Waals surface area contributed by atoms with Crippen LogP contribution in [0.4, 0.5) is 16.0 Å². The molecule has 2 saturated heterocycles. The minimum Gasteiger partial charge on any atom is -0.355 e. The summed E-state index contributed by atoms with van der Waals surface area (Å²) in [5.74, 6) is 1.93. The maximum Gasteiger partial charge on any atom is 0.183 e. The minimum absolute atomic E-state index is 0.350. The van der Waals surface area contributed by atoms with Crippen molar-refractivity contribution in [1.29, 1.82) is 0 Å². The highest BCUT2D eigenvalue weighted by molar-refractivity contribution is 5.58. The van der Waals surface area contributed by atoms with Crippen LogP contribution in [0.2, 0.25) is 0 Å². The first-order chi connectivity index (χ1) is 13.3. The van der Waals surface area contributed by atoms with E-state index < -0.39 is 0 Å². The van der Waals surface area contributed by atoms with Crippen LogP contribution >= 0.6 is 0 Å². The molecule has 27 heavy (non-hydrogen) atoms. The third kappa shape index (κ3) is 2.99. The first kappa shape index (κ1) is 16.1. The summed E-state index contributed by atoms with van der Waals surface area (Å²) in [6, 6.07) is 10.1. The maximum absolute atomic E-state index is 13.9. The molecule has 2 atom stereocenters. The van der Waals surface area contributed by atoms with E-state index in [4.69, 9.17) is 0 Å². The van der Waals surface area contributed by atoms with Crippen molar-refractivity contribution in [3.8, 4) is 11.3 Å². The molecular weight excluding hydrogens is 343 g/mol. The molecule has 2 aromatic heterocycles. The number of hydrogen-bond acceptors (Lipinski definition) is 6. The van der Waals surface area contributed by atoms with E-state index in [1.165, 1.54) is 12.5 Å². The number of fused-ring (bicyclic) bond motifs is 1. The second kappa shape index (κ2) is 6.57. The van der Waals surface area contributed by atoms with E-state index in [-0.39, 0.29) is 5.82 Å². The molecule has 0 radical (unpaired) electrons. The highest BCUT2D eigenvalue weighted by atomic mass is 19.1. The zero-order valence-electron chi connectivity index (χ0n) is 14.7. The molecule has 0 N–H and O–H groups in total. The van der Waals surface area contributed by atoms with E-state index >= 15 is 0 Å². The van der Waals surface area contributed by atoms with Crippen molar-refractivity contribution in [2.75, 3.05) is 36.0 Å². The molecule has 3 aromatic rings. The number of nitrogens with zero attached hydrogens (tertiary/aromatic N) is 6. The fourth-order valence-electron chi connectivity index (χ4n) is 4.13. The summed E-state index contributed by atoms with van der Waals surface area (Å²) in [4.78, 5) is 21.4. The minimum atomic E-state index is -0.350. The van der Waals surface area contributed by atoms with Crippen LogP contribution in [0.15, 0.2) is 55.2 Å². The Bertz CT molecular complexity index is 919. The third-order valence-corrected chi connectivity index (χ3v) is 5.47. The molecule has 4 heterocycles. The molecule has 0 saturated carbocycles. The van der Waals surface area contributed by atoms with Gasteiger partial charge in [0.2, 0.25) is 0 Å². The second-order valence-electron chi connectivity index (χ2n) is 7.15. The normalized spacial score (nSPS) is 21.5.